The van der Waals surface area contributed by atoms with E-state index >= 15 is 0 Å². The smallest absolute Gasteiger partial charge is 0.406 e. The number of alkyl halides is 3. The van der Waals surface area contributed by atoms with Crippen LogP contribution in [0, 0.1) is 0 Å². The first-order valence-corrected chi connectivity index (χ1v) is 7.60. The summed E-state index contributed by atoms with van der Waals surface area (Å²) < 4.78 is 71.0. The summed E-state index contributed by atoms with van der Waals surface area (Å²) in [5, 5.41) is 0. The van der Waals surface area contributed by atoms with Crippen molar-refractivity contribution in [2.75, 3.05) is 19.7 Å². The Morgan fingerprint density at radius 2 is 1.90 bits per heavy atom. The number of benzene rings is 1. The Balaban J connectivity index is 2.17. The fraction of sp³-hybridized carbons (Fsp3) is 0.500. The first-order chi connectivity index (χ1) is 9.68. The largest absolute Gasteiger partial charge is 0.573 e. The van der Waals surface area contributed by atoms with Crippen molar-refractivity contribution in [3.8, 4) is 5.75 Å². The molecule has 1 aromatic rings. The molecule has 9 heteroatoms. The highest BCUT2D eigenvalue weighted by atomic mass is 32.2. The van der Waals surface area contributed by atoms with Gasteiger partial charge >= 0.3 is 6.36 Å². The molecule has 0 spiro atoms. The SMILES string of the molecule is C[C@@H]1CN(S(=O)(=O)c2ccc(OC(F)(F)F)cc2)CCO1. The number of rotatable bonds is 3. The van der Waals surface area contributed by atoms with E-state index in [0.29, 0.717) is 0 Å². The molecule has 0 saturated carbocycles. The minimum atomic E-state index is -4.81. The second kappa shape index (κ2) is 5.82. The number of hydrogen-bond acceptors (Lipinski definition) is 4. The predicted octanol–water partition coefficient (Wildman–Crippen LogP) is 1.99. The van der Waals surface area contributed by atoms with Crippen molar-refractivity contribution < 1.29 is 31.1 Å². The van der Waals surface area contributed by atoms with Crippen molar-refractivity contribution in [3.63, 3.8) is 0 Å². The van der Waals surface area contributed by atoms with Gasteiger partial charge in [-0.2, -0.15) is 4.31 Å². The van der Waals surface area contributed by atoms with Gasteiger partial charge in [0.2, 0.25) is 10.0 Å². The summed E-state index contributed by atoms with van der Waals surface area (Å²) in [6.07, 6.45) is -5.03. The van der Waals surface area contributed by atoms with Crippen LogP contribution in [0.5, 0.6) is 5.75 Å². The summed E-state index contributed by atoms with van der Waals surface area (Å²) in [5.74, 6) is -0.461. The zero-order chi connectivity index (χ0) is 15.7. The molecule has 0 unspecified atom stereocenters. The number of halogens is 3. The molecule has 21 heavy (non-hydrogen) atoms. The molecular formula is C12H14F3NO4S. The third kappa shape index (κ3) is 4.08. The van der Waals surface area contributed by atoms with Gasteiger partial charge in [-0.25, -0.2) is 8.42 Å². The van der Waals surface area contributed by atoms with Crippen LogP contribution in [0.2, 0.25) is 0 Å². The lowest BCUT2D eigenvalue weighted by Gasteiger charge is -2.30. The second-order valence-corrected chi connectivity index (χ2v) is 6.50. The summed E-state index contributed by atoms with van der Waals surface area (Å²) in [4.78, 5) is -0.0777. The van der Waals surface area contributed by atoms with Crippen molar-refractivity contribution >= 4 is 10.0 Å². The molecule has 0 aromatic heterocycles. The highest BCUT2D eigenvalue weighted by molar-refractivity contribution is 7.89. The number of ether oxygens (including phenoxy) is 2. The topological polar surface area (TPSA) is 55.8 Å². The Kier molecular flexibility index (Phi) is 4.45. The molecule has 1 aliphatic rings. The number of hydrogen-bond donors (Lipinski definition) is 0. The Labute approximate surface area is 120 Å². The zero-order valence-corrected chi connectivity index (χ0v) is 11.9. The number of nitrogens with zero attached hydrogens (tertiary/aromatic N) is 1. The van der Waals surface area contributed by atoms with Crippen molar-refractivity contribution in [2.45, 2.75) is 24.3 Å². The van der Waals surface area contributed by atoms with E-state index in [4.69, 9.17) is 4.74 Å². The Morgan fingerprint density at radius 3 is 2.43 bits per heavy atom. The van der Waals surface area contributed by atoms with Gasteiger partial charge in [0.05, 0.1) is 17.6 Å². The molecule has 1 aliphatic heterocycles. The lowest BCUT2D eigenvalue weighted by molar-refractivity contribution is -0.274. The fourth-order valence-electron chi connectivity index (χ4n) is 1.97. The van der Waals surface area contributed by atoms with Crippen LogP contribution in [0.25, 0.3) is 0 Å². The number of sulfonamides is 1. The molecule has 1 saturated heterocycles. The van der Waals surface area contributed by atoms with E-state index in [1.54, 1.807) is 6.92 Å². The average Bonchev–Trinajstić information content (AvgIpc) is 2.37. The maximum atomic E-state index is 12.3. The van der Waals surface area contributed by atoms with E-state index in [-0.39, 0.29) is 30.7 Å². The van der Waals surface area contributed by atoms with Gasteiger partial charge < -0.3 is 9.47 Å². The second-order valence-electron chi connectivity index (χ2n) is 4.56. The highest BCUT2D eigenvalue weighted by Crippen LogP contribution is 2.25. The summed E-state index contributed by atoms with van der Waals surface area (Å²) in [7, 11) is -3.74. The van der Waals surface area contributed by atoms with Crippen molar-refractivity contribution in [1.29, 1.82) is 0 Å². The van der Waals surface area contributed by atoms with Crippen molar-refractivity contribution in [2.24, 2.45) is 0 Å². The molecule has 118 valence electrons. The minimum absolute atomic E-state index is 0.0777. The molecule has 2 rings (SSSR count). The Bertz CT molecular complexity index is 586. The first-order valence-electron chi connectivity index (χ1n) is 6.16. The van der Waals surface area contributed by atoms with E-state index in [1.807, 2.05) is 0 Å². The van der Waals surface area contributed by atoms with Gasteiger partial charge in [0.25, 0.3) is 0 Å². The Hall–Kier alpha value is -1.32. The van der Waals surface area contributed by atoms with E-state index < -0.39 is 22.1 Å². The maximum absolute atomic E-state index is 12.3. The van der Waals surface area contributed by atoms with Crippen LogP contribution in [0.4, 0.5) is 13.2 Å². The van der Waals surface area contributed by atoms with Crippen LogP contribution in [0.1, 0.15) is 6.92 Å². The standard InChI is InChI=1S/C12H14F3NO4S/c1-9-8-16(6-7-19-9)21(17,18)11-4-2-10(3-5-11)20-12(13,14)15/h2-5,9H,6-8H2,1H3/t9-/m1/s1. The molecule has 1 aromatic carbocycles. The summed E-state index contributed by atoms with van der Waals surface area (Å²) in [6.45, 7) is 2.47. The average molecular weight is 325 g/mol. The minimum Gasteiger partial charge on any atom is -0.406 e. The normalized spacial score (nSPS) is 21.2. The lowest BCUT2D eigenvalue weighted by Crippen LogP contribution is -2.44. The molecule has 1 fully saturated rings. The van der Waals surface area contributed by atoms with E-state index in [2.05, 4.69) is 4.74 Å². The summed E-state index contributed by atoms with van der Waals surface area (Å²) in [5.41, 5.74) is 0. The van der Waals surface area contributed by atoms with E-state index in [0.717, 1.165) is 24.3 Å². The number of morpholine rings is 1. The van der Waals surface area contributed by atoms with Crippen LogP contribution < -0.4 is 4.74 Å². The quantitative estimate of drug-likeness (QED) is 0.853. The van der Waals surface area contributed by atoms with Gasteiger partial charge in [-0.1, -0.05) is 0 Å². The van der Waals surface area contributed by atoms with Crippen LogP contribution in [-0.2, 0) is 14.8 Å². The van der Waals surface area contributed by atoms with Gasteiger partial charge in [0.1, 0.15) is 5.75 Å². The van der Waals surface area contributed by atoms with Gasteiger partial charge in [0, 0.05) is 13.1 Å². The van der Waals surface area contributed by atoms with Gasteiger partial charge in [-0.3, -0.25) is 0 Å². The highest BCUT2D eigenvalue weighted by Gasteiger charge is 2.32. The molecule has 0 amide bonds. The van der Waals surface area contributed by atoms with E-state index in [9.17, 15) is 21.6 Å². The van der Waals surface area contributed by atoms with Crippen LogP contribution in [0.3, 0.4) is 0 Å². The fourth-order valence-corrected chi connectivity index (χ4v) is 3.47. The van der Waals surface area contributed by atoms with Crippen LogP contribution >= 0.6 is 0 Å². The molecule has 1 atom stereocenters. The molecule has 0 aliphatic carbocycles. The third-order valence-electron chi connectivity index (χ3n) is 2.90. The molecule has 1 heterocycles. The van der Waals surface area contributed by atoms with Crippen molar-refractivity contribution in [3.05, 3.63) is 24.3 Å². The third-order valence-corrected chi connectivity index (χ3v) is 4.78. The first kappa shape index (κ1) is 16.1. The van der Waals surface area contributed by atoms with Crippen LogP contribution in [0.15, 0.2) is 29.2 Å². The lowest BCUT2D eigenvalue weighted by atomic mass is 10.3. The van der Waals surface area contributed by atoms with E-state index in [1.165, 1.54) is 4.31 Å². The van der Waals surface area contributed by atoms with Gasteiger partial charge in [-0.15, -0.1) is 13.2 Å². The predicted molar refractivity (Wildman–Crippen MR) is 67.3 cm³/mol. The Morgan fingerprint density at radius 1 is 1.29 bits per heavy atom. The zero-order valence-electron chi connectivity index (χ0n) is 11.1. The van der Waals surface area contributed by atoms with Crippen LogP contribution in [-0.4, -0.2) is 44.9 Å². The molecule has 0 bridgehead atoms. The molecule has 5 nitrogen and oxygen atoms in total. The monoisotopic (exact) mass is 325 g/mol. The molecular weight excluding hydrogens is 311 g/mol. The van der Waals surface area contributed by atoms with Crippen molar-refractivity contribution in [1.82, 2.24) is 4.31 Å². The summed E-state index contributed by atoms with van der Waals surface area (Å²) >= 11 is 0. The van der Waals surface area contributed by atoms with Gasteiger partial charge in [-0.05, 0) is 31.2 Å². The molecule has 0 N–H and O–H groups in total. The van der Waals surface area contributed by atoms with Gasteiger partial charge in [0.15, 0.2) is 0 Å². The maximum Gasteiger partial charge on any atom is 0.573 e. The summed E-state index contributed by atoms with van der Waals surface area (Å²) in [6, 6.07) is 4.14. The molecule has 0 radical (unpaired) electrons.